The third kappa shape index (κ3) is 2.18. The molecular weight excluding hydrogens is 298 g/mol. The summed E-state index contributed by atoms with van der Waals surface area (Å²) in [5.41, 5.74) is 6.83. The summed E-state index contributed by atoms with van der Waals surface area (Å²) in [7, 11) is 0. The van der Waals surface area contributed by atoms with Crippen LogP contribution in [-0.2, 0) is 11.8 Å². The highest BCUT2D eigenvalue weighted by molar-refractivity contribution is 9.08. The zero-order chi connectivity index (χ0) is 13.4. The number of nitrogens with zero attached hydrogens (tertiary/aromatic N) is 1. The molecule has 2 aromatic carbocycles. The van der Waals surface area contributed by atoms with Gasteiger partial charge in [-0.2, -0.15) is 0 Å². The molecule has 0 aliphatic carbocycles. The van der Waals surface area contributed by atoms with Crippen molar-refractivity contribution in [2.45, 2.75) is 31.6 Å². The standard InChI is InChI=1S/C17H18BrN/c1-12-7-8-17(15(9-12)11-18)19-13(2)10-14-5-3-4-6-16(14)19/h3-9,13H,10-11H2,1-2H3. The van der Waals surface area contributed by atoms with Gasteiger partial charge in [0.1, 0.15) is 0 Å². The Balaban J connectivity index is 2.12. The van der Waals surface area contributed by atoms with Crippen LogP contribution in [0.2, 0.25) is 0 Å². The van der Waals surface area contributed by atoms with E-state index >= 15 is 0 Å². The molecule has 3 rings (SSSR count). The Kier molecular flexibility index (Phi) is 3.36. The molecule has 1 aliphatic heterocycles. The van der Waals surface area contributed by atoms with Crippen LogP contribution in [0.3, 0.4) is 0 Å². The average molecular weight is 316 g/mol. The Bertz CT molecular complexity index is 606. The zero-order valence-electron chi connectivity index (χ0n) is 11.4. The molecule has 0 saturated carbocycles. The Labute approximate surface area is 123 Å². The third-order valence-electron chi connectivity index (χ3n) is 3.85. The molecule has 1 heterocycles. The lowest BCUT2D eigenvalue weighted by Gasteiger charge is -2.27. The number of aryl methyl sites for hydroxylation is 1. The van der Waals surface area contributed by atoms with E-state index in [9.17, 15) is 0 Å². The number of fused-ring (bicyclic) bond motifs is 1. The van der Waals surface area contributed by atoms with Crippen molar-refractivity contribution < 1.29 is 0 Å². The first-order chi connectivity index (χ1) is 9.20. The van der Waals surface area contributed by atoms with Gasteiger partial charge in [-0.15, -0.1) is 0 Å². The molecule has 0 aromatic heterocycles. The second-order valence-electron chi connectivity index (χ2n) is 5.32. The van der Waals surface area contributed by atoms with Gasteiger partial charge in [0.05, 0.1) is 0 Å². The summed E-state index contributed by atoms with van der Waals surface area (Å²) in [6.07, 6.45) is 1.13. The van der Waals surface area contributed by atoms with Gasteiger partial charge < -0.3 is 4.90 Å². The van der Waals surface area contributed by atoms with Crippen molar-refractivity contribution in [1.82, 2.24) is 0 Å². The summed E-state index contributed by atoms with van der Waals surface area (Å²) in [5, 5.41) is 0.898. The fourth-order valence-corrected chi connectivity index (χ4v) is 3.44. The van der Waals surface area contributed by atoms with E-state index in [-0.39, 0.29) is 0 Å². The number of benzene rings is 2. The third-order valence-corrected chi connectivity index (χ3v) is 4.45. The first-order valence-corrected chi connectivity index (χ1v) is 7.85. The molecule has 0 spiro atoms. The van der Waals surface area contributed by atoms with E-state index in [1.54, 1.807) is 0 Å². The predicted molar refractivity (Wildman–Crippen MR) is 85.6 cm³/mol. The zero-order valence-corrected chi connectivity index (χ0v) is 12.9. The SMILES string of the molecule is Cc1ccc(N2c3ccccc3CC2C)c(CBr)c1. The number of para-hydroxylation sites is 1. The summed E-state index contributed by atoms with van der Waals surface area (Å²) >= 11 is 3.62. The van der Waals surface area contributed by atoms with Gasteiger partial charge in [-0.05, 0) is 43.5 Å². The number of alkyl halides is 1. The number of hydrogen-bond donors (Lipinski definition) is 0. The predicted octanol–water partition coefficient (Wildman–Crippen LogP) is 4.97. The first kappa shape index (κ1) is 12.7. The van der Waals surface area contributed by atoms with E-state index in [2.05, 4.69) is 77.1 Å². The lowest BCUT2D eigenvalue weighted by molar-refractivity contribution is 0.757. The van der Waals surface area contributed by atoms with Crippen LogP contribution >= 0.6 is 15.9 Å². The molecule has 1 aliphatic rings. The van der Waals surface area contributed by atoms with Gasteiger partial charge in [-0.25, -0.2) is 0 Å². The lowest BCUT2D eigenvalue weighted by atomic mass is 10.1. The van der Waals surface area contributed by atoms with Gasteiger partial charge >= 0.3 is 0 Å². The van der Waals surface area contributed by atoms with Crippen LogP contribution in [0.25, 0.3) is 0 Å². The summed E-state index contributed by atoms with van der Waals surface area (Å²) in [5.74, 6) is 0. The smallest absolute Gasteiger partial charge is 0.0454 e. The van der Waals surface area contributed by atoms with Gasteiger partial charge in [0.2, 0.25) is 0 Å². The normalized spacial score (nSPS) is 17.6. The van der Waals surface area contributed by atoms with Crippen molar-refractivity contribution in [3.8, 4) is 0 Å². The van der Waals surface area contributed by atoms with Crippen LogP contribution in [0.4, 0.5) is 11.4 Å². The van der Waals surface area contributed by atoms with Crippen LogP contribution in [0.15, 0.2) is 42.5 Å². The minimum Gasteiger partial charge on any atom is -0.338 e. The maximum atomic E-state index is 3.62. The molecule has 0 saturated heterocycles. The van der Waals surface area contributed by atoms with Crippen LogP contribution in [0.1, 0.15) is 23.6 Å². The molecule has 1 nitrogen and oxygen atoms in total. The number of rotatable bonds is 2. The van der Waals surface area contributed by atoms with Crippen molar-refractivity contribution in [3.63, 3.8) is 0 Å². The summed E-state index contributed by atoms with van der Waals surface area (Å²) in [6, 6.07) is 16.0. The topological polar surface area (TPSA) is 3.24 Å². The molecule has 19 heavy (non-hydrogen) atoms. The molecule has 2 heteroatoms. The van der Waals surface area contributed by atoms with E-state index in [0.717, 1.165) is 11.8 Å². The van der Waals surface area contributed by atoms with Crippen LogP contribution < -0.4 is 4.90 Å². The Morgan fingerprint density at radius 1 is 1.16 bits per heavy atom. The monoisotopic (exact) mass is 315 g/mol. The van der Waals surface area contributed by atoms with Gasteiger partial charge in [0.15, 0.2) is 0 Å². The lowest BCUT2D eigenvalue weighted by Crippen LogP contribution is -2.24. The van der Waals surface area contributed by atoms with Crippen molar-refractivity contribution in [1.29, 1.82) is 0 Å². The van der Waals surface area contributed by atoms with E-state index < -0.39 is 0 Å². The van der Waals surface area contributed by atoms with Crippen LogP contribution in [0.5, 0.6) is 0 Å². The molecular formula is C17H18BrN. The number of halogens is 1. The Morgan fingerprint density at radius 2 is 1.95 bits per heavy atom. The highest BCUT2D eigenvalue weighted by Gasteiger charge is 2.27. The van der Waals surface area contributed by atoms with E-state index in [1.807, 2.05) is 0 Å². The highest BCUT2D eigenvalue weighted by atomic mass is 79.9. The molecule has 2 aromatic rings. The molecule has 98 valence electrons. The number of hydrogen-bond acceptors (Lipinski definition) is 1. The fourth-order valence-electron chi connectivity index (χ4n) is 2.99. The molecule has 0 bridgehead atoms. The second-order valence-corrected chi connectivity index (χ2v) is 5.88. The van der Waals surface area contributed by atoms with Crippen LogP contribution in [0, 0.1) is 6.92 Å². The molecule has 0 N–H and O–H groups in total. The first-order valence-electron chi connectivity index (χ1n) is 6.73. The van der Waals surface area contributed by atoms with E-state index in [1.165, 1.54) is 28.1 Å². The van der Waals surface area contributed by atoms with Crippen molar-refractivity contribution in [2.75, 3.05) is 4.90 Å². The van der Waals surface area contributed by atoms with Gasteiger partial charge in [-0.3, -0.25) is 0 Å². The molecule has 0 radical (unpaired) electrons. The highest BCUT2D eigenvalue weighted by Crippen LogP contribution is 2.40. The Hall–Kier alpha value is -1.28. The average Bonchev–Trinajstić information content (AvgIpc) is 2.74. The van der Waals surface area contributed by atoms with Crippen molar-refractivity contribution in [3.05, 3.63) is 59.2 Å². The summed E-state index contributed by atoms with van der Waals surface area (Å²) < 4.78 is 0. The molecule has 0 fully saturated rings. The van der Waals surface area contributed by atoms with Gasteiger partial charge in [-0.1, -0.05) is 51.8 Å². The van der Waals surface area contributed by atoms with E-state index in [4.69, 9.17) is 0 Å². The van der Waals surface area contributed by atoms with Crippen molar-refractivity contribution in [2.24, 2.45) is 0 Å². The molecule has 1 atom stereocenters. The quantitative estimate of drug-likeness (QED) is 0.707. The maximum absolute atomic E-state index is 3.62. The fraction of sp³-hybridized carbons (Fsp3) is 0.294. The second kappa shape index (κ2) is 5.01. The summed E-state index contributed by atoms with van der Waals surface area (Å²) in [4.78, 5) is 2.48. The van der Waals surface area contributed by atoms with Gasteiger partial charge in [0, 0.05) is 22.7 Å². The minimum atomic E-state index is 0.526. The molecule has 1 unspecified atom stereocenters. The van der Waals surface area contributed by atoms with Crippen molar-refractivity contribution >= 4 is 27.3 Å². The molecule has 0 amide bonds. The van der Waals surface area contributed by atoms with E-state index in [0.29, 0.717) is 6.04 Å². The maximum Gasteiger partial charge on any atom is 0.0454 e. The Morgan fingerprint density at radius 3 is 2.74 bits per heavy atom. The summed E-state index contributed by atoms with van der Waals surface area (Å²) in [6.45, 7) is 4.45. The van der Waals surface area contributed by atoms with Gasteiger partial charge in [0.25, 0.3) is 0 Å². The largest absolute Gasteiger partial charge is 0.338 e. The van der Waals surface area contributed by atoms with Crippen LogP contribution in [-0.4, -0.2) is 6.04 Å². The number of anilines is 2. The minimum absolute atomic E-state index is 0.526.